The van der Waals surface area contributed by atoms with Gasteiger partial charge < -0.3 is 15.6 Å². The van der Waals surface area contributed by atoms with Gasteiger partial charge in [-0.1, -0.05) is 23.7 Å². The number of hydrogen-bond donors (Lipinski definition) is 2. The van der Waals surface area contributed by atoms with E-state index < -0.39 is 57.9 Å². The summed E-state index contributed by atoms with van der Waals surface area (Å²) in [5, 5.41) is 17.5. The second-order valence-corrected chi connectivity index (χ2v) is 8.23. The van der Waals surface area contributed by atoms with Gasteiger partial charge in [0.25, 0.3) is 0 Å². The zero-order valence-electron chi connectivity index (χ0n) is 12.9. The van der Waals surface area contributed by atoms with Crippen molar-refractivity contribution in [2.75, 3.05) is 6.61 Å². The van der Waals surface area contributed by atoms with E-state index in [2.05, 4.69) is 4.74 Å². The van der Waals surface area contributed by atoms with Crippen LogP contribution in [0.5, 0.6) is 0 Å². The van der Waals surface area contributed by atoms with E-state index >= 15 is 0 Å². The lowest BCUT2D eigenvalue weighted by Gasteiger charge is -2.26. The number of nitrogens with two attached hydrogens (primary N) is 1. The first-order valence-electron chi connectivity index (χ1n) is 7.18. The van der Waals surface area contributed by atoms with E-state index in [9.17, 15) is 23.1 Å². The number of hydrogen-bond acceptors (Lipinski definition) is 7. The predicted octanol–water partition coefficient (Wildman–Crippen LogP) is 0.175. The molecule has 3 atom stereocenters. The van der Waals surface area contributed by atoms with Crippen molar-refractivity contribution in [3.63, 3.8) is 0 Å². The van der Waals surface area contributed by atoms with Crippen LogP contribution in [0.3, 0.4) is 0 Å². The summed E-state index contributed by atoms with van der Waals surface area (Å²) >= 11 is 5.93. The molecule has 25 heavy (non-hydrogen) atoms. The Bertz CT molecular complexity index is 850. The number of ether oxygens (including phenoxy) is 1. The summed E-state index contributed by atoms with van der Waals surface area (Å²) in [6.07, 6.45) is -2.60. The Hall–Kier alpha value is -2.15. The number of primary amides is 1. The number of nitrogens with zero attached hydrogens (tertiary/aromatic N) is 1. The van der Waals surface area contributed by atoms with Gasteiger partial charge in [-0.15, -0.1) is 0 Å². The molecule has 2 rings (SSSR count). The van der Waals surface area contributed by atoms with Gasteiger partial charge in [-0.2, -0.15) is 5.26 Å². The molecule has 0 radical (unpaired) electrons. The van der Waals surface area contributed by atoms with Crippen molar-refractivity contribution < 1.29 is 27.9 Å². The minimum atomic E-state index is -4.03. The van der Waals surface area contributed by atoms with Gasteiger partial charge in [0.05, 0.1) is 21.3 Å². The highest BCUT2D eigenvalue weighted by atomic mass is 35.5. The molecule has 3 N–H and O–H groups in total. The highest BCUT2D eigenvalue weighted by Crippen LogP contribution is 2.44. The van der Waals surface area contributed by atoms with Crippen LogP contribution in [0.1, 0.15) is 12.8 Å². The number of aliphatic hydroxyl groups excluding tert-OH is 1. The van der Waals surface area contributed by atoms with Crippen LogP contribution < -0.4 is 5.73 Å². The Morgan fingerprint density at radius 3 is 2.64 bits per heavy atom. The fourth-order valence-electron chi connectivity index (χ4n) is 2.93. The molecule has 1 saturated carbocycles. The van der Waals surface area contributed by atoms with E-state index in [1.54, 1.807) is 12.1 Å². The van der Waals surface area contributed by atoms with E-state index in [1.165, 1.54) is 18.2 Å². The average Bonchev–Trinajstić information content (AvgIpc) is 2.92. The highest BCUT2D eigenvalue weighted by Gasteiger charge is 2.60. The number of rotatable bonds is 5. The molecule has 0 bridgehead atoms. The minimum absolute atomic E-state index is 0.0133. The van der Waals surface area contributed by atoms with E-state index in [0.29, 0.717) is 0 Å². The number of carbonyl (C=O) groups is 2. The number of carbonyl (C=O) groups excluding carboxylic acids is 2. The Balaban J connectivity index is 2.42. The molecule has 1 aromatic carbocycles. The lowest BCUT2D eigenvalue weighted by Crippen LogP contribution is -2.50. The first-order valence-corrected chi connectivity index (χ1v) is 9.11. The quantitative estimate of drug-likeness (QED) is 0.541. The van der Waals surface area contributed by atoms with Crippen LogP contribution in [0.4, 0.5) is 0 Å². The molecule has 1 aliphatic rings. The number of halogens is 1. The molecule has 1 amide bonds. The fourth-order valence-corrected chi connectivity index (χ4v) is 5.27. The molecular weight excluding hydrogens is 372 g/mol. The molecule has 1 aromatic rings. The van der Waals surface area contributed by atoms with Crippen LogP contribution in [-0.4, -0.2) is 43.4 Å². The van der Waals surface area contributed by atoms with E-state index in [4.69, 9.17) is 22.6 Å². The van der Waals surface area contributed by atoms with E-state index in [1.807, 2.05) is 0 Å². The second-order valence-electron chi connectivity index (χ2n) is 5.62. The molecule has 1 fully saturated rings. The first kappa shape index (κ1) is 19.2. The summed E-state index contributed by atoms with van der Waals surface area (Å²) in [6, 6.07) is 7.27. The number of esters is 1. The Morgan fingerprint density at radius 1 is 1.44 bits per heavy atom. The van der Waals surface area contributed by atoms with Crippen LogP contribution in [-0.2, 0) is 24.2 Å². The average molecular weight is 387 g/mol. The molecular formula is C15H15ClN2O6S. The second kappa shape index (κ2) is 7.00. The molecule has 0 spiro atoms. The van der Waals surface area contributed by atoms with Crippen molar-refractivity contribution in [2.24, 2.45) is 11.1 Å². The summed E-state index contributed by atoms with van der Waals surface area (Å²) in [6.45, 7) is -0.650. The van der Waals surface area contributed by atoms with Gasteiger partial charge in [0.2, 0.25) is 5.91 Å². The van der Waals surface area contributed by atoms with Crippen molar-refractivity contribution >= 4 is 33.3 Å². The third-order valence-electron chi connectivity index (χ3n) is 4.26. The summed E-state index contributed by atoms with van der Waals surface area (Å²) in [4.78, 5) is 23.9. The molecule has 8 nitrogen and oxygen atoms in total. The number of aliphatic hydroxyl groups is 1. The lowest BCUT2D eigenvalue weighted by atomic mass is 9.83. The Kier molecular flexibility index (Phi) is 5.37. The number of sulfone groups is 1. The summed E-state index contributed by atoms with van der Waals surface area (Å²) in [5.41, 5.74) is 3.04. The molecule has 0 aliphatic heterocycles. The smallest absolute Gasteiger partial charge is 0.325 e. The summed E-state index contributed by atoms with van der Waals surface area (Å²) in [7, 11) is -4.03. The number of benzene rings is 1. The molecule has 0 heterocycles. The number of nitriles is 1. The van der Waals surface area contributed by atoms with Crippen LogP contribution in [0.15, 0.2) is 29.2 Å². The van der Waals surface area contributed by atoms with Crippen molar-refractivity contribution in [3.8, 4) is 6.07 Å². The van der Waals surface area contributed by atoms with E-state index in [-0.39, 0.29) is 9.92 Å². The first-order chi connectivity index (χ1) is 11.7. The van der Waals surface area contributed by atoms with Gasteiger partial charge in [-0.05, 0) is 25.0 Å². The molecule has 0 unspecified atom stereocenters. The topological polar surface area (TPSA) is 148 Å². The van der Waals surface area contributed by atoms with Crippen LogP contribution in [0, 0.1) is 16.7 Å². The molecule has 10 heteroatoms. The fraction of sp³-hybridized carbons (Fsp3) is 0.400. The standard InChI is InChI=1S/C15H15ClN2O6S/c16-10-3-1-2-4-11(10)25(22,23)9-7-12(19)15(8-9,13(18)20)14(21)24-6-5-17/h1-4,9,12,19H,6-8H2,(H2,18,20)/t9-,12-,15-/m0/s1. The van der Waals surface area contributed by atoms with Gasteiger partial charge in [-0.25, -0.2) is 8.42 Å². The molecule has 1 aliphatic carbocycles. The largest absolute Gasteiger partial charge is 0.449 e. The third-order valence-corrected chi connectivity index (χ3v) is 6.91. The third kappa shape index (κ3) is 3.20. The normalized spacial score (nSPS) is 26.0. The zero-order valence-corrected chi connectivity index (χ0v) is 14.5. The van der Waals surface area contributed by atoms with Crippen molar-refractivity contribution in [2.45, 2.75) is 29.1 Å². The van der Waals surface area contributed by atoms with Crippen molar-refractivity contribution in [1.82, 2.24) is 0 Å². The van der Waals surface area contributed by atoms with Gasteiger partial charge in [0.15, 0.2) is 21.9 Å². The molecule has 134 valence electrons. The van der Waals surface area contributed by atoms with Gasteiger partial charge in [0.1, 0.15) is 6.07 Å². The summed E-state index contributed by atoms with van der Waals surface area (Å²) < 4.78 is 30.2. The maximum Gasteiger partial charge on any atom is 0.325 e. The minimum Gasteiger partial charge on any atom is -0.449 e. The van der Waals surface area contributed by atoms with E-state index in [0.717, 1.165) is 0 Å². The Morgan fingerprint density at radius 2 is 2.08 bits per heavy atom. The van der Waals surface area contributed by atoms with Gasteiger partial charge in [0, 0.05) is 0 Å². The van der Waals surface area contributed by atoms with Gasteiger partial charge in [-0.3, -0.25) is 9.59 Å². The Labute approximate surface area is 149 Å². The molecule has 0 aromatic heterocycles. The maximum absolute atomic E-state index is 12.8. The van der Waals surface area contributed by atoms with Crippen molar-refractivity contribution in [1.29, 1.82) is 5.26 Å². The summed E-state index contributed by atoms with van der Waals surface area (Å²) in [5.74, 6) is -2.43. The zero-order chi connectivity index (χ0) is 18.8. The van der Waals surface area contributed by atoms with Crippen LogP contribution in [0.25, 0.3) is 0 Å². The highest BCUT2D eigenvalue weighted by molar-refractivity contribution is 7.92. The monoisotopic (exact) mass is 386 g/mol. The maximum atomic E-state index is 12.8. The SMILES string of the molecule is N#CCOC(=O)[C@@]1(C(N)=O)C[C@@H](S(=O)(=O)c2ccccc2Cl)C[C@@H]1O. The van der Waals surface area contributed by atoms with Crippen molar-refractivity contribution in [3.05, 3.63) is 29.3 Å². The van der Waals surface area contributed by atoms with Crippen LogP contribution >= 0.6 is 11.6 Å². The predicted molar refractivity (Wildman–Crippen MR) is 85.9 cm³/mol. The molecule has 0 saturated heterocycles. The van der Waals surface area contributed by atoms with Crippen LogP contribution in [0.2, 0.25) is 5.02 Å². The van der Waals surface area contributed by atoms with Gasteiger partial charge >= 0.3 is 5.97 Å². The lowest BCUT2D eigenvalue weighted by molar-refractivity contribution is -0.165. The number of amides is 1.